The Bertz CT molecular complexity index is 778. The van der Waals surface area contributed by atoms with Gasteiger partial charge in [-0.25, -0.2) is 8.42 Å². The minimum atomic E-state index is -3.69. The molecule has 21 heavy (non-hydrogen) atoms. The van der Waals surface area contributed by atoms with Gasteiger partial charge in [0.05, 0.1) is 10.6 Å². The van der Waals surface area contributed by atoms with Gasteiger partial charge in [0.15, 0.2) is 0 Å². The zero-order valence-corrected chi connectivity index (χ0v) is 13.6. The maximum absolute atomic E-state index is 12.6. The average Bonchev–Trinajstić information content (AvgIpc) is 2.33. The molecule has 0 aliphatic heterocycles. The molecule has 0 aromatic heterocycles. The lowest BCUT2D eigenvalue weighted by Gasteiger charge is -2.15. The van der Waals surface area contributed by atoms with Crippen molar-refractivity contribution in [3.05, 3.63) is 52.0 Å². The molecule has 3 N–H and O–H groups in total. The summed E-state index contributed by atoms with van der Waals surface area (Å²) >= 11 is 6.02. The van der Waals surface area contributed by atoms with Crippen molar-refractivity contribution >= 4 is 33.0 Å². The van der Waals surface area contributed by atoms with Gasteiger partial charge in [-0.1, -0.05) is 17.7 Å². The summed E-state index contributed by atoms with van der Waals surface area (Å²) in [5, 5.41) is 0.515. The summed E-state index contributed by atoms with van der Waals surface area (Å²) in [7, 11) is -3.69. The number of anilines is 2. The Morgan fingerprint density at radius 2 is 1.67 bits per heavy atom. The Balaban J connectivity index is 2.51. The minimum absolute atomic E-state index is 0.246. The number of hydrogen-bond acceptors (Lipinski definition) is 3. The summed E-state index contributed by atoms with van der Waals surface area (Å²) in [4.78, 5) is 0.246. The molecule has 0 fully saturated rings. The fourth-order valence-corrected chi connectivity index (χ4v) is 4.07. The first kappa shape index (κ1) is 15.7. The van der Waals surface area contributed by atoms with E-state index in [0.717, 1.165) is 0 Å². The zero-order chi connectivity index (χ0) is 15.8. The van der Waals surface area contributed by atoms with E-state index in [2.05, 4.69) is 4.72 Å². The molecular formula is C15H17ClN2O2S. The lowest BCUT2D eigenvalue weighted by Crippen LogP contribution is -2.16. The molecule has 0 unspecified atom stereocenters. The zero-order valence-electron chi connectivity index (χ0n) is 12.1. The number of rotatable bonds is 3. The summed E-state index contributed by atoms with van der Waals surface area (Å²) in [5.41, 5.74) is 8.66. The van der Waals surface area contributed by atoms with E-state index in [9.17, 15) is 8.42 Å². The third-order valence-corrected chi connectivity index (χ3v) is 5.34. The van der Waals surface area contributed by atoms with Crippen molar-refractivity contribution in [1.82, 2.24) is 0 Å². The van der Waals surface area contributed by atoms with Crippen LogP contribution < -0.4 is 10.5 Å². The van der Waals surface area contributed by atoms with E-state index < -0.39 is 10.0 Å². The molecule has 0 bridgehead atoms. The van der Waals surface area contributed by atoms with Gasteiger partial charge in [0.1, 0.15) is 0 Å². The molecule has 0 radical (unpaired) electrons. The highest BCUT2D eigenvalue weighted by Gasteiger charge is 2.21. The molecule has 2 aromatic rings. The molecule has 2 rings (SSSR count). The highest BCUT2D eigenvalue weighted by Crippen LogP contribution is 2.28. The standard InChI is InChI=1S/C15H17ClN2O2S/c1-9-7-12(17)8-10(2)15(9)21(19,20)18-14-6-4-5-13(16)11(14)3/h4-8,18H,17H2,1-3H3. The molecule has 0 aliphatic carbocycles. The maximum atomic E-state index is 12.6. The minimum Gasteiger partial charge on any atom is -0.399 e. The number of halogens is 1. The third-order valence-electron chi connectivity index (χ3n) is 3.26. The van der Waals surface area contributed by atoms with E-state index in [1.165, 1.54) is 0 Å². The van der Waals surface area contributed by atoms with Gasteiger partial charge in [-0.2, -0.15) is 0 Å². The van der Waals surface area contributed by atoms with Gasteiger partial charge in [-0.05, 0) is 61.7 Å². The topological polar surface area (TPSA) is 72.2 Å². The summed E-state index contributed by atoms with van der Waals surface area (Å²) in [5.74, 6) is 0. The number of benzene rings is 2. The van der Waals surface area contributed by atoms with Gasteiger partial charge in [-0.15, -0.1) is 0 Å². The molecule has 0 heterocycles. The number of nitrogen functional groups attached to an aromatic ring is 1. The van der Waals surface area contributed by atoms with E-state index in [-0.39, 0.29) is 4.90 Å². The predicted molar refractivity (Wildman–Crippen MR) is 87.3 cm³/mol. The van der Waals surface area contributed by atoms with Crippen molar-refractivity contribution < 1.29 is 8.42 Å². The predicted octanol–water partition coefficient (Wildman–Crippen LogP) is 3.65. The van der Waals surface area contributed by atoms with E-state index in [0.29, 0.717) is 33.1 Å². The molecule has 0 spiro atoms. The van der Waals surface area contributed by atoms with Gasteiger partial charge in [0.2, 0.25) is 0 Å². The van der Waals surface area contributed by atoms with Gasteiger partial charge in [0.25, 0.3) is 10.0 Å². The van der Waals surface area contributed by atoms with Crippen LogP contribution in [-0.2, 0) is 10.0 Å². The first-order valence-electron chi connectivity index (χ1n) is 6.37. The average molecular weight is 325 g/mol. The van der Waals surface area contributed by atoms with E-state index in [4.69, 9.17) is 17.3 Å². The Morgan fingerprint density at radius 1 is 1.10 bits per heavy atom. The van der Waals surface area contributed by atoms with Crippen molar-refractivity contribution in [2.75, 3.05) is 10.5 Å². The van der Waals surface area contributed by atoms with Crippen LogP contribution in [0.2, 0.25) is 5.02 Å². The fourth-order valence-electron chi connectivity index (χ4n) is 2.32. The normalized spacial score (nSPS) is 11.4. The molecule has 2 aromatic carbocycles. The number of nitrogens with two attached hydrogens (primary N) is 1. The molecule has 0 saturated carbocycles. The van der Waals surface area contributed by atoms with Crippen LogP contribution in [0.25, 0.3) is 0 Å². The van der Waals surface area contributed by atoms with Gasteiger partial charge >= 0.3 is 0 Å². The lowest BCUT2D eigenvalue weighted by molar-refractivity contribution is 0.600. The summed E-state index contributed by atoms with van der Waals surface area (Å²) in [6.07, 6.45) is 0. The molecule has 112 valence electrons. The Morgan fingerprint density at radius 3 is 2.24 bits per heavy atom. The van der Waals surface area contributed by atoms with Crippen LogP contribution in [-0.4, -0.2) is 8.42 Å². The summed E-state index contributed by atoms with van der Waals surface area (Å²) in [6, 6.07) is 8.39. The molecule has 6 heteroatoms. The van der Waals surface area contributed by atoms with Crippen molar-refractivity contribution in [3.8, 4) is 0 Å². The quantitative estimate of drug-likeness (QED) is 0.846. The van der Waals surface area contributed by atoms with Gasteiger partial charge < -0.3 is 5.73 Å². The van der Waals surface area contributed by atoms with Crippen molar-refractivity contribution in [3.63, 3.8) is 0 Å². The van der Waals surface area contributed by atoms with Gasteiger partial charge in [-0.3, -0.25) is 4.72 Å². The van der Waals surface area contributed by atoms with E-state index in [1.54, 1.807) is 51.1 Å². The Labute approximate surface area is 130 Å². The summed E-state index contributed by atoms with van der Waals surface area (Å²) in [6.45, 7) is 5.22. The second kappa shape index (κ2) is 5.58. The van der Waals surface area contributed by atoms with Crippen molar-refractivity contribution in [2.24, 2.45) is 0 Å². The van der Waals surface area contributed by atoms with Crippen LogP contribution in [0, 0.1) is 20.8 Å². The number of hydrogen-bond donors (Lipinski definition) is 2. The molecule has 0 aliphatic rings. The molecular weight excluding hydrogens is 308 g/mol. The molecule has 0 saturated heterocycles. The SMILES string of the molecule is Cc1cc(N)cc(C)c1S(=O)(=O)Nc1cccc(Cl)c1C. The largest absolute Gasteiger partial charge is 0.399 e. The Kier molecular flexibility index (Phi) is 4.16. The Hall–Kier alpha value is -1.72. The molecule has 4 nitrogen and oxygen atoms in total. The van der Waals surface area contributed by atoms with Crippen LogP contribution in [0.5, 0.6) is 0 Å². The first-order chi connectivity index (χ1) is 9.72. The first-order valence-corrected chi connectivity index (χ1v) is 8.23. The van der Waals surface area contributed by atoms with Crippen LogP contribution in [0.3, 0.4) is 0 Å². The third kappa shape index (κ3) is 3.14. The van der Waals surface area contributed by atoms with E-state index in [1.807, 2.05) is 0 Å². The highest BCUT2D eigenvalue weighted by molar-refractivity contribution is 7.92. The van der Waals surface area contributed by atoms with Crippen LogP contribution in [0.15, 0.2) is 35.2 Å². The number of aryl methyl sites for hydroxylation is 2. The van der Waals surface area contributed by atoms with Crippen LogP contribution in [0.4, 0.5) is 11.4 Å². The molecule has 0 amide bonds. The second-order valence-electron chi connectivity index (χ2n) is 5.00. The van der Waals surface area contributed by atoms with Crippen molar-refractivity contribution in [2.45, 2.75) is 25.7 Å². The number of sulfonamides is 1. The maximum Gasteiger partial charge on any atom is 0.262 e. The highest BCUT2D eigenvalue weighted by atomic mass is 35.5. The van der Waals surface area contributed by atoms with Gasteiger partial charge in [0, 0.05) is 10.7 Å². The summed E-state index contributed by atoms with van der Waals surface area (Å²) < 4.78 is 27.8. The van der Waals surface area contributed by atoms with Crippen LogP contribution in [0.1, 0.15) is 16.7 Å². The fraction of sp³-hybridized carbons (Fsp3) is 0.200. The smallest absolute Gasteiger partial charge is 0.262 e. The lowest BCUT2D eigenvalue weighted by atomic mass is 10.1. The number of nitrogens with one attached hydrogen (secondary N) is 1. The van der Waals surface area contributed by atoms with Crippen molar-refractivity contribution in [1.29, 1.82) is 0 Å². The van der Waals surface area contributed by atoms with E-state index >= 15 is 0 Å². The second-order valence-corrected chi connectivity index (χ2v) is 7.03. The molecule has 0 atom stereocenters. The monoisotopic (exact) mass is 324 g/mol. The van der Waals surface area contributed by atoms with Crippen LogP contribution >= 0.6 is 11.6 Å².